The number of aliphatic hydroxyl groups excluding tert-OH is 1. The van der Waals surface area contributed by atoms with Gasteiger partial charge in [-0.25, -0.2) is 0 Å². The van der Waals surface area contributed by atoms with E-state index in [1.807, 2.05) is 6.92 Å². The molecule has 0 radical (unpaired) electrons. The molecule has 0 aromatic heterocycles. The Bertz CT molecular complexity index is 445. The van der Waals surface area contributed by atoms with Crippen LogP contribution in [0.4, 0.5) is 0 Å². The first-order valence-electron chi connectivity index (χ1n) is 7.21. The lowest BCUT2D eigenvalue weighted by atomic mass is 9.41. The number of carbonyl (C=O) groups excluding carboxylic acids is 1. The second-order valence-corrected chi connectivity index (χ2v) is 7.96. The van der Waals surface area contributed by atoms with Crippen LogP contribution in [-0.2, 0) is 4.79 Å². The van der Waals surface area contributed by atoms with Gasteiger partial charge in [0.05, 0.1) is 18.1 Å². The smallest absolute Gasteiger partial charge is 0.172 e. The maximum absolute atomic E-state index is 12.6. The molecule has 0 aromatic rings. The summed E-state index contributed by atoms with van der Waals surface area (Å²) in [5.41, 5.74) is -3.04. The third-order valence-corrected chi connectivity index (χ3v) is 6.37. The summed E-state index contributed by atoms with van der Waals surface area (Å²) < 4.78 is 0. The molecule has 3 aliphatic rings. The number of ketones is 1. The number of fused-ring (bicyclic) bond motifs is 3. The van der Waals surface area contributed by atoms with Crippen LogP contribution in [0.3, 0.4) is 0 Å². The topological polar surface area (TPSA) is 77.8 Å². The predicted octanol–water partition coefficient (Wildman–Crippen LogP) is 0.876. The fraction of sp³-hybridized carbons (Fsp3) is 0.933. The van der Waals surface area contributed by atoms with E-state index in [2.05, 4.69) is 13.8 Å². The van der Waals surface area contributed by atoms with Crippen molar-refractivity contribution in [3.05, 3.63) is 0 Å². The van der Waals surface area contributed by atoms with Crippen molar-refractivity contribution in [3.63, 3.8) is 0 Å². The van der Waals surface area contributed by atoms with Gasteiger partial charge in [-0.2, -0.15) is 0 Å². The highest BCUT2D eigenvalue weighted by atomic mass is 16.3. The minimum Gasteiger partial charge on any atom is -0.396 e. The Morgan fingerprint density at radius 2 is 1.84 bits per heavy atom. The van der Waals surface area contributed by atoms with Crippen molar-refractivity contribution < 1.29 is 20.1 Å². The first-order chi connectivity index (χ1) is 8.61. The van der Waals surface area contributed by atoms with Crippen LogP contribution in [0, 0.1) is 22.7 Å². The van der Waals surface area contributed by atoms with Crippen molar-refractivity contribution in [2.45, 2.75) is 57.7 Å². The Kier molecular flexibility index (Phi) is 2.43. The molecular formula is C15H24O4. The van der Waals surface area contributed by atoms with Crippen LogP contribution in [-0.4, -0.2) is 38.9 Å². The zero-order valence-electron chi connectivity index (χ0n) is 11.9. The lowest BCUT2D eigenvalue weighted by Gasteiger charge is -2.66. The number of aliphatic hydroxyl groups is 3. The van der Waals surface area contributed by atoms with Crippen LogP contribution in [0.2, 0.25) is 0 Å². The van der Waals surface area contributed by atoms with E-state index in [1.165, 1.54) is 0 Å². The molecule has 3 saturated carbocycles. The van der Waals surface area contributed by atoms with Crippen LogP contribution in [0.15, 0.2) is 0 Å². The molecule has 3 rings (SSSR count). The van der Waals surface area contributed by atoms with Crippen LogP contribution < -0.4 is 0 Å². The molecule has 0 amide bonds. The Labute approximate surface area is 113 Å². The number of rotatable bonds is 1. The van der Waals surface area contributed by atoms with E-state index >= 15 is 0 Å². The zero-order valence-corrected chi connectivity index (χ0v) is 11.9. The van der Waals surface area contributed by atoms with Crippen LogP contribution in [0.25, 0.3) is 0 Å². The maximum atomic E-state index is 12.6. The maximum Gasteiger partial charge on any atom is 0.172 e. The van der Waals surface area contributed by atoms with Gasteiger partial charge >= 0.3 is 0 Å². The molecule has 19 heavy (non-hydrogen) atoms. The van der Waals surface area contributed by atoms with E-state index in [-0.39, 0.29) is 23.7 Å². The molecular weight excluding hydrogens is 244 g/mol. The molecule has 4 heteroatoms. The average molecular weight is 268 g/mol. The minimum atomic E-state index is -1.36. The van der Waals surface area contributed by atoms with Crippen molar-refractivity contribution >= 4 is 5.78 Å². The Hall–Kier alpha value is -0.450. The first kappa shape index (κ1) is 13.5. The summed E-state index contributed by atoms with van der Waals surface area (Å²) in [5, 5.41) is 31.3. The van der Waals surface area contributed by atoms with Crippen molar-refractivity contribution in [2.75, 3.05) is 6.61 Å². The lowest BCUT2D eigenvalue weighted by molar-refractivity contribution is -0.268. The van der Waals surface area contributed by atoms with Crippen LogP contribution in [0.1, 0.15) is 46.5 Å². The van der Waals surface area contributed by atoms with Gasteiger partial charge in [0.15, 0.2) is 5.78 Å². The second-order valence-electron chi connectivity index (χ2n) is 7.96. The van der Waals surface area contributed by atoms with Gasteiger partial charge in [-0.05, 0) is 31.1 Å². The van der Waals surface area contributed by atoms with Gasteiger partial charge in [0, 0.05) is 11.3 Å². The predicted molar refractivity (Wildman–Crippen MR) is 69.3 cm³/mol. The largest absolute Gasteiger partial charge is 0.396 e. The zero-order chi connectivity index (χ0) is 14.3. The van der Waals surface area contributed by atoms with Crippen molar-refractivity contribution in [1.82, 2.24) is 0 Å². The van der Waals surface area contributed by atoms with Crippen LogP contribution in [0.5, 0.6) is 0 Å². The van der Waals surface area contributed by atoms with Gasteiger partial charge in [-0.15, -0.1) is 0 Å². The van der Waals surface area contributed by atoms with E-state index in [1.54, 1.807) is 0 Å². The molecule has 0 heterocycles. The molecule has 3 N–H and O–H groups in total. The van der Waals surface area contributed by atoms with Gasteiger partial charge in [0.25, 0.3) is 0 Å². The Morgan fingerprint density at radius 1 is 1.21 bits per heavy atom. The molecule has 3 fully saturated rings. The normalized spacial score (nSPS) is 55.4. The third-order valence-electron chi connectivity index (χ3n) is 6.37. The molecule has 5 unspecified atom stereocenters. The second kappa shape index (κ2) is 3.41. The molecule has 4 nitrogen and oxygen atoms in total. The molecule has 108 valence electrons. The van der Waals surface area contributed by atoms with Crippen LogP contribution >= 0.6 is 0 Å². The quantitative estimate of drug-likeness (QED) is 0.659. The summed E-state index contributed by atoms with van der Waals surface area (Å²) in [5.74, 6) is -1.37. The summed E-state index contributed by atoms with van der Waals surface area (Å²) in [4.78, 5) is 12.6. The first-order valence-corrected chi connectivity index (χ1v) is 7.21. The molecule has 0 aliphatic heterocycles. The fourth-order valence-corrected chi connectivity index (χ4v) is 5.23. The summed E-state index contributed by atoms with van der Waals surface area (Å²) in [6, 6.07) is 0. The fourth-order valence-electron chi connectivity index (χ4n) is 5.23. The highest BCUT2D eigenvalue weighted by Gasteiger charge is 2.76. The molecule has 0 saturated heterocycles. The van der Waals surface area contributed by atoms with E-state index in [0.717, 1.165) is 12.8 Å². The van der Waals surface area contributed by atoms with E-state index in [4.69, 9.17) is 0 Å². The van der Waals surface area contributed by atoms with Gasteiger partial charge in [-0.1, -0.05) is 20.8 Å². The van der Waals surface area contributed by atoms with E-state index < -0.39 is 22.5 Å². The summed E-state index contributed by atoms with van der Waals surface area (Å²) in [7, 11) is 0. The molecule has 0 bridgehead atoms. The summed E-state index contributed by atoms with van der Waals surface area (Å²) >= 11 is 0. The van der Waals surface area contributed by atoms with Gasteiger partial charge in [0.1, 0.15) is 5.60 Å². The van der Waals surface area contributed by atoms with Crippen molar-refractivity contribution in [2.24, 2.45) is 22.7 Å². The molecule has 5 atom stereocenters. The van der Waals surface area contributed by atoms with E-state index in [0.29, 0.717) is 12.8 Å². The van der Waals surface area contributed by atoms with Gasteiger partial charge in [-0.3, -0.25) is 4.79 Å². The van der Waals surface area contributed by atoms with Gasteiger partial charge < -0.3 is 15.3 Å². The Balaban J connectivity index is 2.12. The van der Waals surface area contributed by atoms with Crippen molar-refractivity contribution in [1.29, 1.82) is 0 Å². The minimum absolute atomic E-state index is 0.0983. The van der Waals surface area contributed by atoms with Gasteiger partial charge in [0.2, 0.25) is 0 Å². The lowest BCUT2D eigenvalue weighted by Crippen LogP contribution is -2.75. The molecule has 0 aromatic carbocycles. The Morgan fingerprint density at radius 3 is 2.32 bits per heavy atom. The monoisotopic (exact) mass is 268 g/mol. The number of hydrogen-bond acceptors (Lipinski definition) is 4. The molecule has 0 spiro atoms. The SMILES string of the molecule is CC1(C)CC2C(O)(C1)C(=O)C(CO)C1(O)CCC21C. The highest BCUT2D eigenvalue weighted by molar-refractivity contribution is 5.93. The van der Waals surface area contributed by atoms with E-state index in [9.17, 15) is 20.1 Å². The highest BCUT2D eigenvalue weighted by Crippen LogP contribution is 2.69. The molecule has 3 aliphatic carbocycles. The number of hydrogen-bond donors (Lipinski definition) is 3. The number of carbonyl (C=O) groups is 1. The third kappa shape index (κ3) is 1.33. The number of Topliss-reactive ketones (excluding diaryl/α,β-unsaturated/α-hetero) is 1. The average Bonchev–Trinajstić information content (AvgIpc) is 2.58. The standard InChI is InChI=1S/C15H24O4/c1-12(2)6-10-13(3)4-5-15(13,19)9(7-16)11(17)14(10,18)8-12/h9-10,16,18-19H,4-8H2,1-3H3. The summed E-state index contributed by atoms with van der Waals surface area (Å²) in [6.45, 7) is 5.72. The van der Waals surface area contributed by atoms with Crippen molar-refractivity contribution in [3.8, 4) is 0 Å². The summed E-state index contributed by atoms with van der Waals surface area (Å²) in [6.07, 6.45) is 2.56.